The number of amides is 2. The molecule has 2 aromatic rings. The van der Waals surface area contributed by atoms with E-state index >= 15 is 0 Å². The van der Waals surface area contributed by atoms with E-state index in [4.69, 9.17) is 9.47 Å². The molecule has 1 fully saturated rings. The van der Waals surface area contributed by atoms with Crippen LogP contribution in [0.2, 0.25) is 0 Å². The van der Waals surface area contributed by atoms with Crippen LogP contribution in [0.5, 0.6) is 5.75 Å². The molecule has 2 amide bonds. The van der Waals surface area contributed by atoms with E-state index in [1.807, 2.05) is 12.1 Å². The van der Waals surface area contributed by atoms with Gasteiger partial charge in [-0.2, -0.15) is 0 Å². The van der Waals surface area contributed by atoms with Gasteiger partial charge in [0.05, 0.1) is 12.7 Å². The molecular formula is C23H29N3O4. The lowest BCUT2D eigenvalue weighted by Crippen LogP contribution is -2.29. The maximum absolute atomic E-state index is 12.9. The number of nitrogens with zero attached hydrogens (tertiary/aromatic N) is 1. The Kier molecular flexibility index (Phi) is 7.68. The SMILES string of the molecule is COCCCNC(=O)c1cc(NC(=O)c2ccc(OC)cc2)ccc1N1CCCC1. The molecule has 1 aliphatic heterocycles. The first-order chi connectivity index (χ1) is 14.6. The number of hydrogen-bond donors (Lipinski definition) is 2. The molecule has 7 nitrogen and oxygen atoms in total. The number of carbonyl (C=O) groups excluding carboxylic acids is 2. The Balaban J connectivity index is 1.77. The Bertz CT molecular complexity index is 861. The molecule has 2 aromatic carbocycles. The van der Waals surface area contributed by atoms with Crippen LogP contribution in [0.15, 0.2) is 42.5 Å². The number of benzene rings is 2. The summed E-state index contributed by atoms with van der Waals surface area (Å²) in [6.07, 6.45) is 2.98. The van der Waals surface area contributed by atoms with Crippen LogP contribution < -0.4 is 20.3 Å². The average molecular weight is 412 g/mol. The summed E-state index contributed by atoms with van der Waals surface area (Å²) >= 11 is 0. The highest BCUT2D eigenvalue weighted by molar-refractivity contribution is 6.06. The zero-order chi connectivity index (χ0) is 21.3. The van der Waals surface area contributed by atoms with Gasteiger partial charge in [0.25, 0.3) is 11.8 Å². The maximum atomic E-state index is 12.9. The number of anilines is 2. The lowest BCUT2D eigenvalue weighted by Gasteiger charge is -2.22. The molecule has 2 N–H and O–H groups in total. The quantitative estimate of drug-likeness (QED) is 0.619. The largest absolute Gasteiger partial charge is 0.497 e. The third kappa shape index (κ3) is 5.51. The van der Waals surface area contributed by atoms with Crippen molar-refractivity contribution >= 4 is 23.2 Å². The Hall–Kier alpha value is -3.06. The van der Waals surface area contributed by atoms with Crippen molar-refractivity contribution in [2.75, 3.05) is 50.7 Å². The molecule has 30 heavy (non-hydrogen) atoms. The first kappa shape index (κ1) is 21.6. The van der Waals surface area contributed by atoms with E-state index < -0.39 is 0 Å². The van der Waals surface area contributed by atoms with Gasteiger partial charge in [-0.15, -0.1) is 0 Å². The normalized spacial score (nSPS) is 13.2. The van der Waals surface area contributed by atoms with Crippen LogP contribution in [0, 0.1) is 0 Å². The van der Waals surface area contributed by atoms with Crippen molar-refractivity contribution < 1.29 is 19.1 Å². The predicted octanol–water partition coefficient (Wildman–Crippen LogP) is 3.31. The number of nitrogens with one attached hydrogen (secondary N) is 2. The fourth-order valence-electron chi connectivity index (χ4n) is 3.49. The molecule has 0 spiro atoms. The Morgan fingerprint density at radius 1 is 1.00 bits per heavy atom. The third-order valence-electron chi connectivity index (χ3n) is 5.11. The number of ether oxygens (including phenoxy) is 2. The zero-order valence-electron chi connectivity index (χ0n) is 17.6. The monoisotopic (exact) mass is 411 g/mol. The Labute approximate surface area is 177 Å². The minimum absolute atomic E-state index is 0.145. The fourth-order valence-corrected chi connectivity index (χ4v) is 3.49. The average Bonchev–Trinajstić information content (AvgIpc) is 3.31. The second kappa shape index (κ2) is 10.6. The minimum atomic E-state index is -0.238. The van der Waals surface area contributed by atoms with Crippen LogP contribution in [-0.2, 0) is 4.74 Å². The standard InChI is InChI=1S/C23H29N3O4/c1-29-15-5-12-24-23(28)20-16-18(8-11-21(20)26-13-3-4-14-26)25-22(27)17-6-9-19(30-2)10-7-17/h6-11,16H,3-5,12-15H2,1-2H3,(H,24,28)(H,25,27). The van der Waals surface area contributed by atoms with E-state index in [0.717, 1.165) is 38.0 Å². The van der Waals surface area contributed by atoms with Gasteiger partial charge in [-0.05, 0) is 61.7 Å². The molecule has 0 aromatic heterocycles. The molecule has 3 rings (SSSR count). The van der Waals surface area contributed by atoms with E-state index in [0.29, 0.717) is 35.7 Å². The molecule has 0 bridgehead atoms. The molecule has 1 saturated heterocycles. The van der Waals surface area contributed by atoms with Crippen molar-refractivity contribution in [3.8, 4) is 5.75 Å². The van der Waals surface area contributed by atoms with E-state index in [1.165, 1.54) is 0 Å². The van der Waals surface area contributed by atoms with Gasteiger partial charge >= 0.3 is 0 Å². The summed E-state index contributed by atoms with van der Waals surface area (Å²) in [4.78, 5) is 27.7. The first-order valence-electron chi connectivity index (χ1n) is 10.2. The second-order valence-corrected chi connectivity index (χ2v) is 7.21. The van der Waals surface area contributed by atoms with Gasteiger partial charge in [0, 0.05) is 50.3 Å². The van der Waals surface area contributed by atoms with Crippen molar-refractivity contribution in [1.29, 1.82) is 0 Å². The molecule has 0 unspecified atom stereocenters. The van der Waals surface area contributed by atoms with Crippen molar-refractivity contribution in [2.24, 2.45) is 0 Å². The van der Waals surface area contributed by atoms with Crippen molar-refractivity contribution in [3.05, 3.63) is 53.6 Å². The van der Waals surface area contributed by atoms with Crippen LogP contribution in [0.3, 0.4) is 0 Å². The lowest BCUT2D eigenvalue weighted by molar-refractivity contribution is 0.0947. The summed E-state index contributed by atoms with van der Waals surface area (Å²) in [5.41, 5.74) is 2.58. The van der Waals surface area contributed by atoms with Crippen LogP contribution in [-0.4, -0.2) is 52.3 Å². The molecule has 0 atom stereocenters. The van der Waals surface area contributed by atoms with Crippen LogP contribution in [0.1, 0.15) is 40.0 Å². The summed E-state index contributed by atoms with van der Waals surface area (Å²) in [6.45, 7) is 2.99. The van der Waals surface area contributed by atoms with Gasteiger partial charge in [0.15, 0.2) is 0 Å². The van der Waals surface area contributed by atoms with E-state index in [9.17, 15) is 9.59 Å². The van der Waals surface area contributed by atoms with Crippen LogP contribution in [0.25, 0.3) is 0 Å². The first-order valence-corrected chi connectivity index (χ1v) is 10.2. The molecule has 0 saturated carbocycles. The summed E-state index contributed by atoms with van der Waals surface area (Å²) < 4.78 is 10.2. The summed E-state index contributed by atoms with van der Waals surface area (Å²) in [5.74, 6) is 0.306. The minimum Gasteiger partial charge on any atom is -0.497 e. The highest BCUT2D eigenvalue weighted by Gasteiger charge is 2.20. The van der Waals surface area contributed by atoms with E-state index in [1.54, 1.807) is 44.6 Å². The number of carbonyl (C=O) groups is 2. The van der Waals surface area contributed by atoms with Gasteiger partial charge in [-0.3, -0.25) is 9.59 Å². The number of rotatable bonds is 9. The van der Waals surface area contributed by atoms with E-state index in [-0.39, 0.29) is 11.8 Å². The summed E-state index contributed by atoms with van der Waals surface area (Å²) in [7, 11) is 3.22. The summed E-state index contributed by atoms with van der Waals surface area (Å²) in [6, 6.07) is 12.4. The zero-order valence-corrected chi connectivity index (χ0v) is 17.6. The van der Waals surface area contributed by atoms with Crippen molar-refractivity contribution in [3.63, 3.8) is 0 Å². The highest BCUT2D eigenvalue weighted by atomic mass is 16.5. The van der Waals surface area contributed by atoms with Gasteiger partial charge in [-0.1, -0.05) is 0 Å². The lowest BCUT2D eigenvalue weighted by atomic mass is 10.1. The van der Waals surface area contributed by atoms with Gasteiger partial charge < -0.3 is 25.0 Å². The van der Waals surface area contributed by atoms with Crippen molar-refractivity contribution in [1.82, 2.24) is 5.32 Å². The highest BCUT2D eigenvalue weighted by Crippen LogP contribution is 2.28. The molecular weight excluding hydrogens is 382 g/mol. The van der Waals surface area contributed by atoms with Gasteiger partial charge in [0.2, 0.25) is 0 Å². The third-order valence-corrected chi connectivity index (χ3v) is 5.11. The summed E-state index contributed by atoms with van der Waals surface area (Å²) in [5, 5.41) is 5.84. The second-order valence-electron chi connectivity index (χ2n) is 7.21. The van der Waals surface area contributed by atoms with Gasteiger partial charge in [-0.25, -0.2) is 0 Å². The molecule has 160 valence electrons. The Morgan fingerprint density at radius 3 is 2.40 bits per heavy atom. The number of hydrogen-bond acceptors (Lipinski definition) is 5. The molecule has 1 aliphatic rings. The predicted molar refractivity (Wildman–Crippen MR) is 118 cm³/mol. The fraction of sp³-hybridized carbons (Fsp3) is 0.391. The van der Waals surface area contributed by atoms with Crippen LogP contribution in [0.4, 0.5) is 11.4 Å². The Morgan fingerprint density at radius 2 is 1.73 bits per heavy atom. The van der Waals surface area contributed by atoms with Crippen LogP contribution >= 0.6 is 0 Å². The maximum Gasteiger partial charge on any atom is 0.255 e. The van der Waals surface area contributed by atoms with Gasteiger partial charge in [0.1, 0.15) is 5.75 Å². The topological polar surface area (TPSA) is 79.9 Å². The van der Waals surface area contributed by atoms with E-state index in [2.05, 4.69) is 15.5 Å². The number of methoxy groups -OCH3 is 2. The smallest absolute Gasteiger partial charge is 0.255 e. The molecule has 0 radical (unpaired) electrons. The van der Waals surface area contributed by atoms with Crippen molar-refractivity contribution in [2.45, 2.75) is 19.3 Å². The molecule has 7 heteroatoms. The molecule has 0 aliphatic carbocycles. The molecule has 1 heterocycles.